The number of rotatable bonds is 8. The van der Waals surface area contributed by atoms with Crippen molar-refractivity contribution in [1.82, 2.24) is 10.2 Å². The summed E-state index contributed by atoms with van der Waals surface area (Å²) in [4.78, 5) is 13.8. The van der Waals surface area contributed by atoms with E-state index in [1.165, 1.54) is 5.56 Å². The van der Waals surface area contributed by atoms with Crippen LogP contribution in [0, 0.1) is 5.92 Å². The molecule has 0 radical (unpaired) electrons. The molecule has 4 nitrogen and oxygen atoms in total. The number of benzene rings is 1. The smallest absolute Gasteiger partial charge is 0.239 e. The quantitative estimate of drug-likeness (QED) is 0.800. The van der Waals surface area contributed by atoms with Crippen LogP contribution in [0.4, 0.5) is 0 Å². The second-order valence-corrected chi connectivity index (χ2v) is 6.05. The zero-order valence-electron chi connectivity index (χ0n) is 13.8. The molecule has 4 heteroatoms. The molecule has 0 aromatic heterocycles. The summed E-state index contributed by atoms with van der Waals surface area (Å²) in [5.41, 5.74) is 2.33. The highest BCUT2D eigenvalue weighted by molar-refractivity contribution is 5.81. The van der Waals surface area contributed by atoms with Crippen LogP contribution in [0.15, 0.2) is 24.3 Å². The Labute approximate surface area is 128 Å². The van der Waals surface area contributed by atoms with Gasteiger partial charge in [-0.2, -0.15) is 0 Å². The number of likely N-dealkylation sites (N-methyl/N-ethyl adjacent to an activating group) is 1. The lowest BCUT2D eigenvalue weighted by Crippen LogP contribution is -2.44. The fraction of sp³-hybridized carbons (Fsp3) is 0.588. The van der Waals surface area contributed by atoms with E-state index >= 15 is 0 Å². The van der Waals surface area contributed by atoms with Crippen LogP contribution in [0.5, 0.6) is 0 Å². The number of nitrogens with zero attached hydrogens (tertiary/aromatic N) is 1. The van der Waals surface area contributed by atoms with Gasteiger partial charge in [-0.15, -0.1) is 0 Å². The Balaban J connectivity index is 2.61. The third-order valence-electron chi connectivity index (χ3n) is 3.33. The Hall–Kier alpha value is -1.39. The summed E-state index contributed by atoms with van der Waals surface area (Å²) in [6.45, 7) is 5.60. The first-order chi connectivity index (χ1) is 9.93. The maximum atomic E-state index is 12.2. The van der Waals surface area contributed by atoms with E-state index in [9.17, 15) is 4.79 Å². The number of methoxy groups -OCH3 is 1. The Kier molecular flexibility index (Phi) is 7.40. The summed E-state index contributed by atoms with van der Waals surface area (Å²) in [7, 11) is 5.30. The van der Waals surface area contributed by atoms with E-state index in [0.717, 1.165) is 12.0 Å². The average Bonchev–Trinajstić information content (AvgIpc) is 2.44. The molecular weight excluding hydrogens is 264 g/mol. The summed E-state index contributed by atoms with van der Waals surface area (Å²) < 4.78 is 5.10. The minimum atomic E-state index is -0.126. The molecule has 21 heavy (non-hydrogen) atoms. The van der Waals surface area contributed by atoms with Crippen molar-refractivity contribution >= 4 is 5.91 Å². The highest BCUT2D eigenvalue weighted by atomic mass is 16.5. The average molecular weight is 292 g/mol. The van der Waals surface area contributed by atoms with Gasteiger partial charge in [-0.1, -0.05) is 38.1 Å². The van der Waals surface area contributed by atoms with Gasteiger partial charge in [0.05, 0.1) is 12.6 Å². The molecule has 0 saturated heterocycles. The standard InChI is InChI=1S/C17H28N2O2/c1-13(2)10-16(17(20)19(3)4)18-11-14-6-8-15(9-7-14)12-21-5/h6-9,13,16,18H,10-12H2,1-5H3. The summed E-state index contributed by atoms with van der Waals surface area (Å²) in [5.74, 6) is 0.621. The first kappa shape index (κ1) is 17.7. The van der Waals surface area contributed by atoms with Crippen LogP contribution >= 0.6 is 0 Å². The molecule has 1 amide bonds. The van der Waals surface area contributed by atoms with E-state index in [1.807, 2.05) is 0 Å². The minimum Gasteiger partial charge on any atom is -0.380 e. The zero-order valence-corrected chi connectivity index (χ0v) is 13.8. The summed E-state index contributed by atoms with van der Waals surface area (Å²) in [5, 5.41) is 3.38. The van der Waals surface area contributed by atoms with Gasteiger partial charge in [0, 0.05) is 27.7 Å². The summed E-state index contributed by atoms with van der Waals surface area (Å²) in [6.07, 6.45) is 0.846. The van der Waals surface area contributed by atoms with Gasteiger partial charge in [-0.05, 0) is 23.5 Å². The number of amides is 1. The van der Waals surface area contributed by atoms with Crippen molar-refractivity contribution in [2.24, 2.45) is 5.92 Å². The number of hydrogen-bond donors (Lipinski definition) is 1. The molecule has 0 aliphatic heterocycles. The van der Waals surface area contributed by atoms with E-state index in [-0.39, 0.29) is 11.9 Å². The van der Waals surface area contributed by atoms with Crippen LogP contribution in [-0.4, -0.2) is 38.1 Å². The Morgan fingerprint density at radius 1 is 1.19 bits per heavy atom. The second-order valence-electron chi connectivity index (χ2n) is 6.05. The van der Waals surface area contributed by atoms with E-state index < -0.39 is 0 Å². The van der Waals surface area contributed by atoms with Crippen molar-refractivity contribution in [3.63, 3.8) is 0 Å². The van der Waals surface area contributed by atoms with Crippen LogP contribution in [-0.2, 0) is 22.7 Å². The molecule has 0 fully saturated rings. The second kappa shape index (κ2) is 8.80. The van der Waals surface area contributed by atoms with Crippen LogP contribution in [0.1, 0.15) is 31.4 Å². The minimum absolute atomic E-state index is 0.126. The van der Waals surface area contributed by atoms with Crippen molar-refractivity contribution < 1.29 is 9.53 Å². The molecule has 0 heterocycles. The van der Waals surface area contributed by atoms with Crippen LogP contribution in [0.25, 0.3) is 0 Å². The molecule has 0 aliphatic carbocycles. The van der Waals surface area contributed by atoms with Crippen molar-refractivity contribution in [1.29, 1.82) is 0 Å². The maximum absolute atomic E-state index is 12.2. The fourth-order valence-electron chi connectivity index (χ4n) is 2.22. The molecule has 1 N–H and O–H groups in total. The number of hydrogen-bond acceptors (Lipinski definition) is 3. The molecule has 1 atom stereocenters. The first-order valence-electron chi connectivity index (χ1n) is 7.45. The van der Waals surface area contributed by atoms with E-state index in [0.29, 0.717) is 19.1 Å². The normalized spacial score (nSPS) is 12.5. The predicted octanol–water partition coefficient (Wildman–Crippen LogP) is 2.43. The molecule has 1 rings (SSSR count). The lowest BCUT2D eigenvalue weighted by Gasteiger charge is -2.23. The SMILES string of the molecule is COCc1ccc(CNC(CC(C)C)C(=O)N(C)C)cc1. The fourth-order valence-corrected chi connectivity index (χ4v) is 2.22. The van der Waals surface area contributed by atoms with Gasteiger partial charge in [0.25, 0.3) is 0 Å². The van der Waals surface area contributed by atoms with Gasteiger partial charge in [-0.25, -0.2) is 0 Å². The van der Waals surface area contributed by atoms with Crippen LogP contribution in [0.2, 0.25) is 0 Å². The monoisotopic (exact) mass is 292 g/mol. The molecule has 0 spiro atoms. The largest absolute Gasteiger partial charge is 0.380 e. The lowest BCUT2D eigenvalue weighted by molar-refractivity contribution is -0.131. The third-order valence-corrected chi connectivity index (χ3v) is 3.33. The molecule has 0 aliphatic rings. The first-order valence-corrected chi connectivity index (χ1v) is 7.45. The molecule has 1 aromatic carbocycles. The zero-order chi connectivity index (χ0) is 15.8. The number of carbonyl (C=O) groups excluding carboxylic acids is 1. The van der Waals surface area contributed by atoms with Gasteiger partial charge in [0.2, 0.25) is 5.91 Å². The number of carbonyl (C=O) groups is 1. The van der Waals surface area contributed by atoms with Gasteiger partial charge in [-0.3, -0.25) is 4.79 Å². The molecule has 0 bridgehead atoms. The molecule has 1 unspecified atom stereocenters. The van der Waals surface area contributed by atoms with Crippen LogP contribution in [0.3, 0.4) is 0 Å². The topological polar surface area (TPSA) is 41.6 Å². The summed E-state index contributed by atoms with van der Waals surface area (Å²) >= 11 is 0. The van der Waals surface area contributed by atoms with Crippen LogP contribution < -0.4 is 5.32 Å². The Morgan fingerprint density at radius 2 is 1.76 bits per heavy atom. The molecule has 0 saturated carbocycles. The highest BCUT2D eigenvalue weighted by Gasteiger charge is 2.20. The van der Waals surface area contributed by atoms with Crippen molar-refractivity contribution in [3.05, 3.63) is 35.4 Å². The van der Waals surface area contributed by atoms with E-state index in [4.69, 9.17) is 4.74 Å². The lowest BCUT2D eigenvalue weighted by atomic mass is 10.0. The molecule has 1 aromatic rings. The van der Waals surface area contributed by atoms with E-state index in [2.05, 4.69) is 43.4 Å². The van der Waals surface area contributed by atoms with Crippen molar-refractivity contribution in [2.75, 3.05) is 21.2 Å². The van der Waals surface area contributed by atoms with Crippen molar-refractivity contribution in [3.8, 4) is 0 Å². The van der Waals surface area contributed by atoms with Crippen molar-refractivity contribution in [2.45, 2.75) is 39.5 Å². The van der Waals surface area contributed by atoms with Gasteiger partial charge in [0.1, 0.15) is 0 Å². The maximum Gasteiger partial charge on any atom is 0.239 e. The Bertz CT molecular complexity index is 427. The van der Waals surface area contributed by atoms with Gasteiger partial charge >= 0.3 is 0 Å². The third kappa shape index (κ3) is 6.27. The summed E-state index contributed by atoms with van der Waals surface area (Å²) in [6, 6.07) is 8.15. The predicted molar refractivity (Wildman–Crippen MR) is 85.9 cm³/mol. The number of ether oxygens (including phenoxy) is 1. The van der Waals surface area contributed by atoms with Gasteiger partial charge in [0.15, 0.2) is 0 Å². The highest BCUT2D eigenvalue weighted by Crippen LogP contribution is 2.10. The Morgan fingerprint density at radius 3 is 2.24 bits per heavy atom. The van der Waals surface area contributed by atoms with Gasteiger partial charge < -0.3 is 15.0 Å². The molecule has 118 valence electrons. The van der Waals surface area contributed by atoms with E-state index in [1.54, 1.807) is 26.1 Å². The number of nitrogens with one attached hydrogen (secondary N) is 1. The molecular formula is C17H28N2O2.